The summed E-state index contributed by atoms with van der Waals surface area (Å²) >= 11 is 0. The van der Waals surface area contributed by atoms with E-state index in [0.29, 0.717) is 6.42 Å². The highest BCUT2D eigenvalue weighted by Gasteiger charge is 2.26. The molecule has 0 aliphatic heterocycles. The van der Waals surface area contributed by atoms with Gasteiger partial charge in [0.2, 0.25) is 0 Å². The first kappa shape index (κ1) is 69.0. The largest absolute Gasteiger partial charge is 0.472 e. The zero-order valence-electron chi connectivity index (χ0n) is 46.5. The van der Waals surface area contributed by atoms with E-state index in [0.717, 1.165) is 44.9 Å². The molecule has 3 N–H and O–H groups in total. The van der Waals surface area contributed by atoms with Crippen LogP contribution in [0, 0.1) is 0 Å². The Kier molecular flexibility index (Phi) is 55.6. The lowest BCUT2D eigenvalue weighted by Gasteiger charge is -2.19. The molecule has 0 saturated carbocycles. The average Bonchev–Trinajstić information content (AvgIpc) is 3.36. The Morgan fingerprint density at radius 3 is 1.13 bits per heavy atom. The van der Waals surface area contributed by atoms with Crippen molar-refractivity contribution in [2.24, 2.45) is 5.73 Å². The van der Waals surface area contributed by atoms with Crippen molar-refractivity contribution in [3.63, 3.8) is 0 Å². The summed E-state index contributed by atoms with van der Waals surface area (Å²) in [6, 6.07) is 0. The lowest BCUT2D eigenvalue weighted by molar-refractivity contribution is -0.161. The van der Waals surface area contributed by atoms with Gasteiger partial charge in [0.05, 0.1) is 13.2 Å². The molecule has 0 aliphatic carbocycles. The maximum Gasteiger partial charge on any atom is 0.472 e. The molecule has 0 aromatic carbocycles. The second kappa shape index (κ2) is 57.3. The minimum absolute atomic E-state index is 0.0427. The van der Waals surface area contributed by atoms with Gasteiger partial charge in [0.1, 0.15) is 6.61 Å². The first-order valence-corrected chi connectivity index (χ1v) is 31.6. The number of hydrogen-bond acceptors (Lipinski definition) is 8. The fraction of sp³-hybridized carbons (Fsp3) is 0.836. The van der Waals surface area contributed by atoms with E-state index in [4.69, 9.17) is 24.3 Å². The highest BCUT2D eigenvalue weighted by atomic mass is 31.2. The monoisotopic (exact) mass is 1020 g/mol. The summed E-state index contributed by atoms with van der Waals surface area (Å²) in [5, 5.41) is 0. The summed E-state index contributed by atoms with van der Waals surface area (Å²) < 4.78 is 32.8. The summed E-state index contributed by atoms with van der Waals surface area (Å²) in [6.45, 7) is 3.57. The van der Waals surface area contributed by atoms with Crippen LogP contribution in [0.15, 0.2) is 48.6 Å². The number of rotatable bonds is 57. The number of esters is 2. The molecule has 0 saturated heterocycles. The number of phosphoric acid groups is 1. The van der Waals surface area contributed by atoms with Crippen LogP contribution in [0.5, 0.6) is 0 Å². The van der Waals surface area contributed by atoms with Crippen LogP contribution in [0.1, 0.15) is 296 Å². The van der Waals surface area contributed by atoms with Gasteiger partial charge in [0.25, 0.3) is 0 Å². The van der Waals surface area contributed by atoms with Crippen LogP contribution in [0.3, 0.4) is 0 Å². The van der Waals surface area contributed by atoms with E-state index in [1.54, 1.807) is 0 Å². The Balaban J connectivity index is 3.75. The molecule has 0 aromatic heterocycles. The van der Waals surface area contributed by atoms with Crippen molar-refractivity contribution in [1.29, 1.82) is 0 Å². The molecule has 0 aromatic rings. The van der Waals surface area contributed by atoms with Crippen LogP contribution in [-0.2, 0) is 32.7 Å². The van der Waals surface area contributed by atoms with Gasteiger partial charge >= 0.3 is 19.8 Å². The van der Waals surface area contributed by atoms with Gasteiger partial charge in [0, 0.05) is 19.4 Å². The van der Waals surface area contributed by atoms with Gasteiger partial charge in [-0.1, -0.05) is 294 Å². The van der Waals surface area contributed by atoms with Gasteiger partial charge in [-0.25, -0.2) is 4.57 Å². The van der Waals surface area contributed by atoms with Crippen LogP contribution in [0.4, 0.5) is 0 Å². The van der Waals surface area contributed by atoms with Gasteiger partial charge in [-0.2, -0.15) is 0 Å². The topological polar surface area (TPSA) is 134 Å². The molecule has 9 nitrogen and oxygen atoms in total. The number of nitrogens with two attached hydrogens (primary N) is 1. The van der Waals surface area contributed by atoms with E-state index in [1.165, 1.54) is 218 Å². The Morgan fingerprint density at radius 2 is 0.775 bits per heavy atom. The predicted molar refractivity (Wildman–Crippen MR) is 303 cm³/mol. The van der Waals surface area contributed by atoms with Crippen LogP contribution >= 0.6 is 7.82 Å². The quantitative estimate of drug-likeness (QED) is 0.0264. The molecule has 0 bridgehead atoms. The zero-order valence-corrected chi connectivity index (χ0v) is 47.4. The van der Waals surface area contributed by atoms with E-state index in [-0.39, 0.29) is 32.6 Å². The third kappa shape index (κ3) is 57.1. The first-order chi connectivity index (χ1) is 34.8. The van der Waals surface area contributed by atoms with E-state index >= 15 is 0 Å². The van der Waals surface area contributed by atoms with Crippen molar-refractivity contribution in [2.45, 2.75) is 302 Å². The Bertz CT molecular complexity index is 1300. The highest BCUT2D eigenvalue weighted by Crippen LogP contribution is 2.43. The summed E-state index contributed by atoms with van der Waals surface area (Å²) in [5.41, 5.74) is 5.36. The molecule has 71 heavy (non-hydrogen) atoms. The van der Waals surface area contributed by atoms with Crippen LogP contribution < -0.4 is 5.73 Å². The second-order valence-electron chi connectivity index (χ2n) is 20.2. The number of unbranched alkanes of at least 4 members (excludes halogenated alkanes) is 36. The standard InChI is InChI=1S/C61H114NO8P/c1-3-5-7-9-11-13-15-17-18-19-20-21-22-23-24-25-26-27-28-29-30-31-32-33-34-35-36-37-38-39-40-42-43-45-47-49-51-53-60(63)67-57-59(58-69-71(65,66)68-56-55-62)70-61(64)54-52-50-48-46-44-41-16-14-12-10-8-6-4-2/h6,8,12,14,41,44,48,50,59H,3-5,7,9-11,13,15-40,42-43,45-47,49,51-58,62H2,1-2H3,(H,65,66)/b8-6-,14-12-,44-41-,50-48-. The van der Waals surface area contributed by atoms with Gasteiger partial charge in [0.15, 0.2) is 6.10 Å². The van der Waals surface area contributed by atoms with Crippen molar-refractivity contribution < 1.29 is 37.6 Å². The lowest BCUT2D eigenvalue weighted by atomic mass is 10.0. The highest BCUT2D eigenvalue weighted by molar-refractivity contribution is 7.47. The molecule has 0 radical (unpaired) electrons. The van der Waals surface area contributed by atoms with Crippen LogP contribution in [0.25, 0.3) is 0 Å². The summed E-state index contributed by atoms with van der Waals surface area (Å²) in [7, 11) is -4.40. The minimum atomic E-state index is -4.40. The van der Waals surface area contributed by atoms with Gasteiger partial charge in [-0.15, -0.1) is 0 Å². The number of ether oxygens (including phenoxy) is 2. The zero-order chi connectivity index (χ0) is 51.7. The molecule has 0 rings (SSSR count). The summed E-state index contributed by atoms with van der Waals surface area (Å²) in [4.78, 5) is 35.0. The third-order valence-electron chi connectivity index (χ3n) is 13.2. The first-order valence-electron chi connectivity index (χ1n) is 30.1. The molecule has 0 spiro atoms. The second-order valence-corrected chi connectivity index (χ2v) is 21.7. The molecular formula is C61H114NO8P. The predicted octanol–water partition coefficient (Wildman–Crippen LogP) is 19.0. The maximum absolute atomic E-state index is 12.6. The molecule has 2 unspecified atom stereocenters. The number of carbonyl (C=O) groups excluding carboxylic acids is 2. The number of hydrogen-bond donors (Lipinski definition) is 2. The number of phosphoric ester groups is 1. The van der Waals surface area contributed by atoms with E-state index < -0.39 is 32.5 Å². The lowest BCUT2D eigenvalue weighted by Crippen LogP contribution is -2.29. The van der Waals surface area contributed by atoms with Gasteiger partial charge < -0.3 is 20.1 Å². The van der Waals surface area contributed by atoms with Crippen molar-refractivity contribution in [3.8, 4) is 0 Å². The normalized spacial score (nSPS) is 13.4. The van der Waals surface area contributed by atoms with Crippen molar-refractivity contribution >= 4 is 19.8 Å². The van der Waals surface area contributed by atoms with E-state index in [1.807, 2.05) is 12.2 Å². The van der Waals surface area contributed by atoms with Crippen molar-refractivity contribution in [1.82, 2.24) is 0 Å². The van der Waals surface area contributed by atoms with Crippen molar-refractivity contribution in [2.75, 3.05) is 26.4 Å². The fourth-order valence-electron chi connectivity index (χ4n) is 8.83. The molecule has 0 aliphatic rings. The van der Waals surface area contributed by atoms with Gasteiger partial charge in [-0.3, -0.25) is 18.6 Å². The van der Waals surface area contributed by atoms with Crippen LogP contribution in [0.2, 0.25) is 0 Å². The van der Waals surface area contributed by atoms with Crippen LogP contribution in [-0.4, -0.2) is 49.3 Å². The molecule has 0 fully saturated rings. The molecule has 10 heteroatoms. The smallest absolute Gasteiger partial charge is 0.462 e. The Morgan fingerprint density at radius 1 is 0.437 bits per heavy atom. The van der Waals surface area contributed by atoms with Crippen molar-refractivity contribution in [3.05, 3.63) is 48.6 Å². The fourth-order valence-corrected chi connectivity index (χ4v) is 9.60. The molecule has 0 amide bonds. The minimum Gasteiger partial charge on any atom is -0.462 e. The number of allylic oxidation sites excluding steroid dienone is 8. The Hall–Kier alpha value is -2.03. The van der Waals surface area contributed by atoms with E-state index in [9.17, 15) is 19.0 Å². The third-order valence-corrected chi connectivity index (χ3v) is 14.2. The van der Waals surface area contributed by atoms with Gasteiger partial charge in [-0.05, 0) is 38.5 Å². The molecule has 2 atom stereocenters. The SMILES string of the molecule is CC/C=C\C/C=C\C/C=C\C/C=C\CCC(=O)OC(COC(=O)CCCCCCCCCCCCCCCCCCCCCCCCCCCCCCCCCCCCCCC)COP(=O)(O)OCCN. The van der Waals surface area contributed by atoms with E-state index in [2.05, 4.69) is 50.3 Å². The molecular weight excluding hydrogens is 906 g/mol. The average molecular weight is 1020 g/mol. The number of carbonyl (C=O) groups is 2. The molecule has 416 valence electrons. The maximum atomic E-state index is 12.6. The summed E-state index contributed by atoms with van der Waals surface area (Å²) in [6.07, 6.45) is 71.0. The molecule has 0 heterocycles. The summed E-state index contributed by atoms with van der Waals surface area (Å²) in [5.74, 6) is -0.914. The Labute approximate surface area is 438 Å².